The summed E-state index contributed by atoms with van der Waals surface area (Å²) < 4.78 is 29.4. The molecule has 2 aromatic rings. The lowest BCUT2D eigenvalue weighted by Crippen LogP contribution is -2.22. The van der Waals surface area contributed by atoms with E-state index >= 15 is 0 Å². The summed E-state index contributed by atoms with van der Waals surface area (Å²) in [6, 6.07) is 10.5. The van der Waals surface area contributed by atoms with Crippen molar-refractivity contribution in [3.05, 3.63) is 53.3 Å². The van der Waals surface area contributed by atoms with Crippen molar-refractivity contribution in [2.24, 2.45) is 0 Å². The lowest BCUT2D eigenvalue weighted by Gasteiger charge is -2.26. The maximum absolute atomic E-state index is 13.1. The van der Waals surface area contributed by atoms with Gasteiger partial charge in [0.25, 0.3) is 0 Å². The minimum absolute atomic E-state index is 0.128. The Balaban J connectivity index is 2.24. The van der Waals surface area contributed by atoms with Crippen molar-refractivity contribution in [3.63, 3.8) is 0 Å². The molecule has 0 unspecified atom stereocenters. The molecule has 0 heterocycles. The molecule has 0 aromatic heterocycles. The minimum atomic E-state index is -0.227. The van der Waals surface area contributed by atoms with Gasteiger partial charge in [0, 0.05) is 18.2 Å². The van der Waals surface area contributed by atoms with Crippen LogP contribution in [-0.4, -0.2) is 33.3 Å². The largest absolute Gasteiger partial charge is 0.493 e. The van der Waals surface area contributed by atoms with Crippen LogP contribution < -0.4 is 14.2 Å². The Morgan fingerprint density at radius 2 is 1.54 bits per heavy atom. The molecule has 0 N–H and O–H groups in total. The van der Waals surface area contributed by atoms with Gasteiger partial charge in [-0.1, -0.05) is 18.2 Å². The first-order valence-corrected chi connectivity index (χ1v) is 7.75. The highest BCUT2D eigenvalue weighted by atomic mass is 19.1. The molecule has 130 valence electrons. The Morgan fingerprint density at radius 1 is 0.917 bits per heavy atom. The second-order valence-electron chi connectivity index (χ2n) is 5.64. The molecule has 0 saturated carbocycles. The average Bonchev–Trinajstić information content (AvgIpc) is 2.61. The third kappa shape index (κ3) is 3.79. The molecular formula is C19H24FNO3. The first-order chi connectivity index (χ1) is 11.5. The highest BCUT2D eigenvalue weighted by Crippen LogP contribution is 2.40. The molecule has 0 radical (unpaired) electrons. The van der Waals surface area contributed by atoms with Crippen LogP contribution in [0.15, 0.2) is 36.4 Å². The third-order valence-corrected chi connectivity index (χ3v) is 4.22. The predicted octanol–water partition coefficient (Wildman–Crippen LogP) is 4.04. The van der Waals surface area contributed by atoms with Crippen LogP contribution in [0, 0.1) is 5.82 Å². The standard InChI is InChI=1S/C19H24FNO3/c1-13(14-6-9-16(20)10-7-14)21(2)12-15-8-11-17(22-3)19(24-5)18(15)23-4/h6-11,13H,12H2,1-5H3/t13-/m1/s1. The van der Waals surface area contributed by atoms with E-state index in [4.69, 9.17) is 14.2 Å². The zero-order chi connectivity index (χ0) is 17.7. The normalized spacial score (nSPS) is 12.1. The molecule has 4 nitrogen and oxygen atoms in total. The van der Waals surface area contributed by atoms with Crippen LogP contribution in [0.3, 0.4) is 0 Å². The van der Waals surface area contributed by atoms with Gasteiger partial charge in [-0.3, -0.25) is 4.90 Å². The number of benzene rings is 2. The number of rotatable bonds is 7. The van der Waals surface area contributed by atoms with E-state index in [2.05, 4.69) is 11.8 Å². The molecule has 2 aromatic carbocycles. The van der Waals surface area contributed by atoms with Gasteiger partial charge < -0.3 is 14.2 Å². The molecule has 0 bridgehead atoms. The van der Waals surface area contributed by atoms with Crippen molar-refractivity contribution < 1.29 is 18.6 Å². The highest BCUT2D eigenvalue weighted by molar-refractivity contribution is 5.55. The fraction of sp³-hybridized carbons (Fsp3) is 0.368. The predicted molar refractivity (Wildman–Crippen MR) is 92.4 cm³/mol. The second-order valence-corrected chi connectivity index (χ2v) is 5.64. The highest BCUT2D eigenvalue weighted by Gasteiger charge is 2.19. The van der Waals surface area contributed by atoms with Gasteiger partial charge in [0.1, 0.15) is 5.82 Å². The van der Waals surface area contributed by atoms with Gasteiger partial charge in [-0.05, 0) is 37.7 Å². The molecular weight excluding hydrogens is 309 g/mol. The maximum Gasteiger partial charge on any atom is 0.203 e. The van der Waals surface area contributed by atoms with Gasteiger partial charge in [-0.15, -0.1) is 0 Å². The Kier molecular flexibility index (Phi) is 6.04. The van der Waals surface area contributed by atoms with E-state index in [1.54, 1.807) is 21.3 Å². The van der Waals surface area contributed by atoms with E-state index in [9.17, 15) is 4.39 Å². The Morgan fingerprint density at radius 3 is 2.08 bits per heavy atom. The summed E-state index contributed by atoms with van der Waals surface area (Å²) in [7, 11) is 6.82. The SMILES string of the molecule is COc1ccc(CN(C)[C@H](C)c2ccc(F)cc2)c(OC)c1OC. The Labute approximate surface area is 142 Å². The van der Waals surface area contributed by atoms with Crippen LogP contribution in [0.1, 0.15) is 24.1 Å². The van der Waals surface area contributed by atoms with Crippen molar-refractivity contribution in [1.82, 2.24) is 4.90 Å². The molecule has 0 fully saturated rings. The summed E-state index contributed by atoms with van der Waals surface area (Å²) in [5.74, 6) is 1.65. The van der Waals surface area contributed by atoms with Gasteiger partial charge >= 0.3 is 0 Å². The topological polar surface area (TPSA) is 30.9 Å². The van der Waals surface area contributed by atoms with Gasteiger partial charge in [0.05, 0.1) is 21.3 Å². The van der Waals surface area contributed by atoms with Gasteiger partial charge in [0.15, 0.2) is 11.5 Å². The third-order valence-electron chi connectivity index (χ3n) is 4.22. The van der Waals surface area contributed by atoms with Crippen LogP contribution in [0.2, 0.25) is 0 Å². The molecule has 0 aliphatic rings. The van der Waals surface area contributed by atoms with Crippen molar-refractivity contribution in [3.8, 4) is 17.2 Å². The van der Waals surface area contributed by atoms with E-state index in [1.807, 2.05) is 31.3 Å². The van der Waals surface area contributed by atoms with Crippen LogP contribution in [0.25, 0.3) is 0 Å². The monoisotopic (exact) mass is 333 g/mol. The maximum atomic E-state index is 13.1. The summed E-state index contributed by atoms with van der Waals surface area (Å²) >= 11 is 0. The number of hydrogen-bond acceptors (Lipinski definition) is 4. The first-order valence-electron chi connectivity index (χ1n) is 7.75. The number of hydrogen-bond donors (Lipinski definition) is 0. The fourth-order valence-corrected chi connectivity index (χ4v) is 2.69. The first kappa shape index (κ1) is 18.1. The summed E-state index contributed by atoms with van der Waals surface area (Å²) in [6.45, 7) is 2.74. The number of methoxy groups -OCH3 is 3. The molecule has 0 aliphatic heterocycles. The zero-order valence-corrected chi connectivity index (χ0v) is 14.8. The Bertz CT molecular complexity index is 673. The van der Waals surface area contributed by atoms with E-state index in [0.29, 0.717) is 23.8 Å². The van der Waals surface area contributed by atoms with Crippen molar-refractivity contribution >= 4 is 0 Å². The molecule has 2 rings (SSSR count). The summed E-state index contributed by atoms with van der Waals surface area (Å²) in [4.78, 5) is 2.16. The summed E-state index contributed by atoms with van der Waals surface area (Å²) in [5, 5.41) is 0. The smallest absolute Gasteiger partial charge is 0.203 e. The summed E-state index contributed by atoms with van der Waals surface area (Å²) in [6.07, 6.45) is 0. The van der Waals surface area contributed by atoms with Crippen molar-refractivity contribution in [2.45, 2.75) is 19.5 Å². The van der Waals surface area contributed by atoms with Crippen LogP contribution in [0.5, 0.6) is 17.2 Å². The zero-order valence-electron chi connectivity index (χ0n) is 14.8. The molecule has 5 heteroatoms. The molecule has 0 spiro atoms. The number of halogens is 1. The molecule has 24 heavy (non-hydrogen) atoms. The fourth-order valence-electron chi connectivity index (χ4n) is 2.69. The lowest BCUT2D eigenvalue weighted by molar-refractivity contribution is 0.246. The van der Waals surface area contributed by atoms with Gasteiger partial charge in [0.2, 0.25) is 5.75 Å². The molecule has 1 atom stereocenters. The summed E-state index contributed by atoms with van der Waals surface area (Å²) in [5.41, 5.74) is 2.05. The van der Waals surface area contributed by atoms with Crippen molar-refractivity contribution in [1.29, 1.82) is 0 Å². The quantitative estimate of drug-likeness (QED) is 0.765. The second kappa shape index (κ2) is 8.02. The van der Waals surface area contributed by atoms with E-state index in [1.165, 1.54) is 12.1 Å². The van der Waals surface area contributed by atoms with E-state index in [-0.39, 0.29) is 11.9 Å². The minimum Gasteiger partial charge on any atom is -0.493 e. The van der Waals surface area contributed by atoms with Gasteiger partial charge in [-0.25, -0.2) is 4.39 Å². The number of nitrogens with zero attached hydrogens (tertiary/aromatic N) is 1. The van der Waals surface area contributed by atoms with E-state index in [0.717, 1.165) is 11.1 Å². The molecule has 0 amide bonds. The average molecular weight is 333 g/mol. The molecule has 0 aliphatic carbocycles. The van der Waals surface area contributed by atoms with Crippen LogP contribution in [0.4, 0.5) is 4.39 Å². The van der Waals surface area contributed by atoms with E-state index < -0.39 is 0 Å². The number of ether oxygens (including phenoxy) is 3. The van der Waals surface area contributed by atoms with Gasteiger partial charge in [-0.2, -0.15) is 0 Å². The van der Waals surface area contributed by atoms with Crippen LogP contribution in [-0.2, 0) is 6.54 Å². The van der Waals surface area contributed by atoms with Crippen LogP contribution >= 0.6 is 0 Å². The lowest BCUT2D eigenvalue weighted by atomic mass is 10.1. The Hall–Kier alpha value is -2.27. The van der Waals surface area contributed by atoms with Crippen molar-refractivity contribution in [2.75, 3.05) is 28.4 Å². The molecule has 0 saturated heterocycles.